The van der Waals surface area contributed by atoms with Gasteiger partial charge in [-0.1, -0.05) is 19.4 Å². The Balaban J connectivity index is -0.000000218. The molecule has 0 aliphatic carbocycles. The summed E-state index contributed by atoms with van der Waals surface area (Å²) in [6.45, 7) is 5.72. The molecule has 0 atom stereocenters. The van der Waals surface area contributed by atoms with Gasteiger partial charge in [0.2, 0.25) is 0 Å². The molecule has 0 heterocycles. The molecule has 16 heavy (non-hydrogen) atoms. The summed E-state index contributed by atoms with van der Waals surface area (Å²) in [4.78, 5) is 0. The van der Waals surface area contributed by atoms with Gasteiger partial charge in [-0.05, 0) is 0 Å². The molecule has 2 rings (SSSR count). The van der Waals surface area contributed by atoms with Crippen molar-refractivity contribution in [2.75, 3.05) is 0 Å². The zero-order chi connectivity index (χ0) is 9.52. The maximum absolute atomic E-state index is 3.60. The van der Waals surface area contributed by atoms with Crippen LogP contribution in [0.2, 0.25) is 0 Å². The summed E-state index contributed by atoms with van der Waals surface area (Å²) in [6.07, 6.45) is 2.28. The molecule has 0 amide bonds. The largest absolute Gasteiger partial charge is 4.00 e. The van der Waals surface area contributed by atoms with Crippen molar-refractivity contribution >= 4 is 10.8 Å². The van der Waals surface area contributed by atoms with Crippen molar-refractivity contribution in [1.29, 1.82) is 0 Å². The minimum atomic E-state index is 0. The van der Waals surface area contributed by atoms with Crippen molar-refractivity contribution in [2.24, 2.45) is 0 Å². The predicted octanol–water partition coefficient (Wildman–Crippen LogP) is -1.82. The van der Waals surface area contributed by atoms with Gasteiger partial charge >= 0.3 is 26.2 Å². The molecule has 0 radical (unpaired) electrons. The summed E-state index contributed by atoms with van der Waals surface area (Å²) in [6, 6.07) is 14.7. The van der Waals surface area contributed by atoms with E-state index in [4.69, 9.17) is 0 Å². The third-order valence-corrected chi connectivity index (χ3v) is 1.90. The van der Waals surface area contributed by atoms with Crippen molar-refractivity contribution in [2.45, 2.75) is 19.8 Å². The minimum Gasteiger partial charge on any atom is -1.00 e. The molecule has 0 unspecified atom stereocenters. The molecule has 0 fully saturated rings. The first-order chi connectivity index (χ1) is 6.38. The van der Waals surface area contributed by atoms with Crippen LogP contribution in [0, 0.1) is 6.92 Å². The molecule has 2 aromatic rings. The standard InChI is InChI=1S/C9H7.C4H9.2ClH.Zr/c1-2-5-9-7-3-6-8(9)4-1;1-3-4-2;;;/h1-7H;1,3-4H2,2H3;2*1H;/q2*-1;;;+4/p-2. The van der Waals surface area contributed by atoms with E-state index in [1.165, 1.54) is 17.2 Å². The summed E-state index contributed by atoms with van der Waals surface area (Å²) in [5.74, 6) is 0. The summed E-state index contributed by atoms with van der Waals surface area (Å²) in [5.41, 5.74) is 0. The molecular formula is C13H16Cl2Zr. The van der Waals surface area contributed by atoms with Crippen LogP contribution in [0.25, 0.3) is 10.8 Å². The number of halogens is 2. The Kier molecular flexibility index (Phi) is 18.0. The fourth-order valence-corrected chi connectivity index (χ4v) is 1.07. The second-order valence-electron chi connectivity index (χ2n) is 3.01. The van der Waals surface area contributed by atoms with Crippen LogP contribution in [0.1, 0.15) is 19.8 Å². The van der Waals surface area contributed by atoms with E-state index in [9.17, 15) is 0 Å². The second kappa shape index (κ2) is 13.4. The molecule has 0 spiro atoms. The molecule has 0 aliphatic heterocycles. The molecule has 0 saturated heterocycles. The quantitative estimate of drug-likeness (QED) is 0.539. The van der Waals surface area contributed by atoms with E-state index in [2.05, 4.69) is 56.3 Å². The summed E-state index contributed by atoms with van der Waals surface area (Å²) >= 11 is 0. The van der Waals surface area contributed by atoms with Gasteiger partial charge in [0.25, 0.3) is 0 Å². The Labute approximate surface area is 130 Å². The molecular weight excluding hydrogens is 318 g/mol. The molecule has 0 bridgehead atoms. The average Bonchev–Trinajstić information content (AvgIpc) is 2.66. The summed E-state index contributed by atoms with van der Waals surface area (Å²) < 4.78 is 0. The van der Waals surface area contributed by atoms with E-state index in [1.807, 2.05) is 0 Å². The molecule has 2 aromatic carbocycles. The first-order valence-corrected chi connectivity index (χ1v) is 4.78. The number of unbranched alkanes of at least 4 members (excludes halogenated alkanes) is 1. The van der Waals surface area contributed by atoms with Crippen LogP contribution in [-0.2, 0) is 26.2 Å². The first kappa shape index (κ1) is 21.6. The van der Waals surface area contributed by atoms with Crippen molar-refractivity contribution < 1.29 is 51.0 Å². The molecule has 0 aromatic heterocycles. The molecule has 3 heteroatoms. The van der Waals surface area contributed by atoms with Crippen molar-refractivity contribution in [1.82, 2.24) is 0 Å². The van der Waals surface area contributed by atoms with Gasteiger partial charge < -0.3 is 31.7 Å². The van der Waals surface area contributed by atoms with E-state index in [-0.39, 0.29) is 51.0 Å². The molecule has 86 valence electrons. The third kappa shape index (κ3) is 7.55. The van der Waals surface area contributed by atoms with Gasteiger partial charge in [-0.2, -0.15) is 23.9 Å². The Morgan fingerprint density at radius 2 is 1.69 bits per heavy atom. The Morgan fingerprint density at radius 1 is 1.12 bits per heavy atom. The normalized spacial score (nSPS) is 7.62. The third-order valence-electron chi connectivity index (χ3n) is 1.90. The van der Waals surface area contributed by atoms with Crippen LogP contribution in [-0.4, -0.2) is 0 Å². The van der Waals surface area contributed by atoms with Crippen LogP contribution >= 0.6 is 0 Å². The number of fused-ring (bicyclic) bond motifs is 1. The van der Waals surface area contributed by atoms with E-state index < -0.39 is 0 Å². The Bertz CT molecular complexity index is 312. The van der Waals surface area contributed by atoms with Gasteiger partial charge in [-0.15, -0.1) is 29.7 Å². The van der Waals surface area contributed by atoms with E-state index in [0.29, 0.717) is 0 Å². The molecule has 0 N–H and O–H groups in total. The van der Waals surface area contributed by atoms with Crippen molar-refractivity contribution in [3.05, 3.63) is 49.4 Å². The number of hydrogen-bond donors (Lipinski definition) is 0. The zero-order valence-electron chi connectivity index (χ0n) is 9.42. The van der Waals surface area contributed by atoms with Crippen LogP contribution < -0.4 is 24.8 Å². The van der Waals surface area contributed by atoms with Gasteiger partial charge in [0.1, 0.15) is 0 Å². The van der Waals surface area contributed by atoms with Crippen LogP contribution in [0.15, 0.2) is 42.5 Å². The monoisotopic (exact) mass is 332 g/mol. The maximum atomic E-state index is 3.60. The van der Waals surface area contributed by atoms with Crippen molar-refractivity contribution in [3.63, 3.8) is 0 Å². The van der Waals surface area contributed by atoms with Gasteiger partial charge in [0.15, 0.2) is 0 Å². The van der Waals surface area contributed by atoms with Crippen molar-refractivity contribution in [3.8, 4) is 0 Å². The second-order valence-corrected chi connectivity index (χ2v) is 3.01. The van der Waals surface area contributed by atoms with Gasteiger partial charge in [0, 0.05) is 0 Å². The van der Waals surface area contributed by atoms with E-state index >= 15 is 0 Å². The SMILES string of the molecule is [CH2-]CCC.[Cl-].[Cl-].[Zr+4].c1ccc2[cH-]ccc2c1. The minimum absolute atomic E-state index is 0. The number of benzene rings is 1. The van der Waals surface area contributed by atoms with Crippen LogP contribution in [0.4, 0.5) is 0 Å². The van der Waals surface area contributed by atoms with E-state index in [1.54, 1.807) is 0 Å². The fraction of sp³-hybridized carbons (Fsp3) is 0.231. The van der Waals surface area contributed by atoms with Crippen LogP contribution in [0.3, 0.4) is 0 Å². The predicted molar refractivity (Wildman–Crippen MR) is 59.8 cm³/mol. The smallest absolute Gasteiger partial charge is 1.00 e. The summed E-state index contributed by atoms with van der Waals surface area (Å²) in [7, 11) is 0. The van der Waals surface area contributed by atoms with Gasteiger partial charge in [-0.3, -0.25) is 0 Å². The first-order valence-electron chi connectivity index (χ1n) is 4.78. The topological polar surface area (TPSA) is 0 Å². The number of hydrogen-bond acceptors (Lipinski definition) is 0. The van der Waals surface area contributed by atoms with E-state index in [0.717, 1.165) is 6.42 Å². The van der Waals surface area contributed by atoms with Gasteiger partial charge in [-0.25, -0.2) is 0 Å². The maximum Gasteiger partial charge on any atom is 4.00 e. The molecule has 0 aliphatic rings. The number of rotatable bonds is 1. The fourth-order valence-electron chi connectivity index (χ4n) is 1.07. The molecule has 0 nitrogen and oxygen atoms in total. The van der Waals surface area contributed by atoms with Crippen LogP contribution in [0.5, 0.6) is 0 Å². The van der Waals surface area contributed by atoms with Gasteiger partial charge in [0.05, 0.1) is 0 Å². The Morgan fingerprint density at radius 3 is 2.19 bits per heavy atom. The Hall–Kier alpha value is 0.293. The molecule has 0 saturated carbocycles. The zero-order valence-corrected chi connectivity index (χ0v) is 13.4. The summed E-state index contributed by atoms with van der Waals surface area (Å²) in [5, 5.41) is 2.66. The average molecular weight is 334 g/mol.